The SMILES string of the molecule is C[C@@H]1CN(S(=O)(=O)c2ccc(O)cn2)C[C@@H]1n1nc(CC(=O)O)c2cc3c(cc21)OCO3. The van der Waals surface area contributed by atoms with Crippen molar-refractivity contribution in [2.45, 2.75) is 24.4 Å². The first-order valence-electron chi connectivity index (χ1n) is 9.91. The number of carbonyl (C=O) groups is 1. The van der Waals surface area contributed by atoms with Crippen LogP contribution >= 0.6 is 0 Å². The van der Waals surface area contributed by atoms with Crippen LogP contribution in [0, 0.1) is 5.92 Å². The molecule has 0 unspecified atom stereocenters. The van der Waals surface area contributed by atoms with Crippen molar-refractivity contribution in [2.24, 2.45) is 5.92 Å². The molecule has 1 saturated heterocycles. The number of benzene rings is 1. The number of hydrogen-bond donors (Lipinski definition) is 2. The first-order chi connectivity index (χ1) is 15.2. The lowest BCUT2D eigenvalue weighted by molar-refractivity contribution is -0.136. The van der Waals surface area contributed by atoms with Gasteiger partial charge in [0.15, 0.2) is 16.5 Å². The minimum Gasteiger partial charge on any atom is -0.506 e. The number of hydrogen-bond acceptors (Lipinski definition) is 8. The van der Waals surface area contributed by atoms with E-state index in [0.717, 1.165) is 6.20 Å². The third-order valence-electron chi connectivity index (χ3n) is 5.77. The molecule has 2 aliphatic rings. The van der Waals surface area contributed by atoms with Crippen LogP contribution in [0.2, 0.25) is 0 Å². The van der Waals surface area contributed by atoms with E-state index in [-0.39, 0.29) is 49.0 Å². The molecule has 5 rings (SSSR count). The van der Waals surface area contributed by atoms with E-state index in [0.29, 0.717) is 28.1 Å². The van der Waals surface area contributed by atoms with E-state index >= 15 is 0 Å². The molecule has 1 aromatic carbocycles. The largest absolute Gasteiger partial charge is 0.506 e. The molecule has 3 aromatic rings. The van der Waals surface area contributed by atoms with Crippen LogP contribution in [0.15, 0.2) is 35.5 Å². The number of ether oxygens (including phenoxy) is 2. The Balaban J connectivity index is 1.54. The van der Waals surface area contributed by atoms with Gasteiger partial charge in [0.2, 0.25) is 6.79 Å². The number of carboxylic acid groups (broad SMARTS) is 1. The molecule has 2 aromatic heterocycles. The van der Waals surface area contributed by atoms with Gasteiger partial charge in [-0.15, -0.1) is 0 Å². The molecular weight excluding hydrogens is 440 g/mol. The van der Waals surface area contributed by atoms with Crippen molar-refractivity contribution in [3.05, 3.63) is 36.2 Å². The molecule has 0 amide bonds. The molecule has 12 heteroatoms. The maximum absolute atomic E-state index is 13.1. The number of fused-ring (bicyclic) bond motifs is 2. The molecule has 0 aliphatic carbocycles. The zero-order chi connectivity index (χ0) is 22.6. The van der Waals surface area contributed by atoms with Crippen molar-refractivity contribution < 1.29 is 32.9 Å². The third kappa shape index (κ3) is 3.31. The van der Waals surface area contributed by atoms with Crippen LogP contribution in [0.25, 0.3) is 10.9 Å². The van der Waals surface area contributed by atoms with Crippen LogP contribution in [-0.2, 0) is 21.2 Å². The predicted octanol–water partition coefficient (Wildman–Crippen LogP) is 1.37. The lowest BCUT2D eigenvalue weighted by Gasteiger charge is -2.17. The van der Waals surface area contributed by atoms with E-state index in [9.17, 15) is 23.4 Å². The Morgan fingerprint density at radius 2 is 1.97 bits per heavy atom. The van der Waals surface area contributed by atoms with Gasteiger partial charge in [-0.2, -0.15) is 9.40 Å². The number of aromatic nitrogens is 3. The van der Waals surface area contributed by atoms with Crippen molar-refractivity contribution >= 4 is 26.9 Å². The smallest absolute Gasteiger partial charge is 0.309 e. The topological polar surface area (TPSA) is 144 Å². The van der Waals surface area contributed by atoms with Gasteiger partial charge in [-0.3, -0.25) is 9.48 Å². The third-order valence-corrected chi connectivity index (χ3v) is 7.52. The molecule has 2 atom stereocenters. The number of aliphatic carboxylic acids is 1. The van der Waals surface area contributed by atoms with E-state index in [4.69, 9.17) is 9.47 Å². The minimum absolute atomic E-state index is 0.0785. The molecule has 2 aliphatic heterocycles. The fraction of sp³-hybridized carbons (Fsp3) is 0.350. The standard InChI is InChI=1S/C20H20N4O7S/c1-11-8-23(32(28,29)19-3-2-12(25)7-21-19)9-16(11)24-15-6-18-17(30-10-31-18)4-13(15)14(22-24)5-20(26)27/h2-4,6-7,11,16,25H,5,8-10H2,1H3,(H,26,27)/t11-,16+/m1/s1. The minimum atomic E-state index is -3.87. The van der Waals surface area contributed by atoms with Crippen LogP contribution in [0.5, 0.6) is 17.2 Å². The van der Waals surface area contributed by atoms with E-state index in [1.165, 1.54) is 16.4 Å². The summed E-state index contributed by atoms with van der Waals surface area (Å²) in [6.45, 7) is 2.39. The highest BCUT2D eigenvalue weighted by molar-refractivity contribution is 7.89. The Labute approximate surface area is 182 Å². The summed E-state index contributed by atoms with van der Waals surface area (Å²) in [5.41, 5.74) is 1.03. The summed E-state index contributed by atoms with van der Waals surface area (Å²) in [4.78, 5) is 15.2. The van der Waals surface area contributed by atoms with Crippen molar-refractivity contribution in [3.8, 4) is 17.2 Å². The molecule has 4 heterocycles. The van der Waals surface area contributed by atoms with Crippen molar-refractivity contribution in [3.63, 3.8) is 0 Å². The molecule has 0 radical (unpaired) electrons. The summed E-state index contributed by atoms with van der Waals surface area (Å²) in [6, 6.07) is 5.68. The predicted molar refractivity (Wildman–Crippen MR) is 110 cm³/mol. The maximum Gasteiger partial charge on any atom is 0.309 e. The van der Waals surface area contributed by atoms with Crippen LogP contribution in [0.1, 0.15) is 18.7 Å². The Morgan fingerprint density at radius 1 is 1.22 bits per heavy atom. The number of aromatic hydroxyl groups is 1. The monoisotopic (exact) mass is 460 g/mol. The number of sulfonamides is 1. The van der Waals surface area contributed by atoms with Crippen molar-refractivity contribution in [1.82, 2.24) is 19.1 Å². The summed E-state index contributed by atoms with van der Waals surface area (Å²) >= 11 is 0. The summed E-state index contributed by atoms with van der Waals surface area (Å²) in [7, 11) is -3.87. The molecule has 168 valence electrons. The van der Waals surface area contributed by atoms with E-state index in [1.54, 1.807) is 16.8 Å². The van der Waals surface area contributed by atoms with E-state index in [1.807, 2.05) is 6.92 Å². The lowest BCUT2D eigenvalue weighted by atomic mass is 10.1. The van der Waals surface area contributed by atoms with E-state index in [2.05, 4.69) is 10.1 Å². The average Bonchev–Trinajstić information content (AvgIpc) is 3.44. The van der Waals surface area contributed by atoms with Gasteiger partial charge in [0, 0.05) is 24.5 Å². The number of rotatable bonds is 5. The second-order valence-electron chi connectivity index (χ2n) is 7.91. The number of nitrogens with zero attached hydrogens (tertiary/aromatic N) is 4. The number of pyridine rings is 1. The van der Waals surface area contributed by atoms with Gasteiger partial charge >= 0.3 is 5.97 Å². The van der Waals surface area contributed by atoms with E-state index < -0.39 is 16.0 Å². The fourth-order valence-electron chi connectivity index (χ4n) is 4.19. The highest BCUT2D eigenvalue weighted by atomic mass is 32.2. The molecule has 0 saturated carbocycles. The first kappa shape index (κ1) is 20.5. The zero-order valence-corrected chi connectivity index (χ0v) is 17.8. The molecular formula is C20H20N4O7S. The zero-order valence-electron chi connectivity index (χ0n) is 17.0. The Bertz CT molecular complexity index is 1320. The van der Waals surface area contributed by atoms with Crippen LogP contribution in [0.3, 0.4) is 0 Å². The quantitative estimate of drug-likeness (QED) is 0.577. The normalized spacial score (nSPS) is 20.8. The molecule has 11 nitrogen and oxygen atoms in total. The second-order valence-corrected chi connectivity index (χ2v) is 9.79. The first-order valence-corrected chi connectivity index (χ1v) is 11.4. The van der Waals surface area contributed by atoms with Gasteiger partial charge in [0.05, 0.1) is 29.9 Å². The fourth-order valence-corrected chi connectivity index (χ4v) is 5.67. The number of carboxylic acids is 1. The Kier molecular flexibility index (Phi) is 4.71. The molecule has 32 heavy (non-hydrogen) atoms. The van der Waals surface area contributed by atoms with Crippen LogP contribution in [0.4, 0.5) is 0 Å². The van der Waals surface area contributed by atoms with Gasteiger partial charge in [-0.25, -0.2) is 13.4 Å². The maximum atomic E-state index is 13.1. The molecule has 1 fully saturated rings. The highest BCUT2D eigenvalue weighted by Gasteiger charge is 2.40. The van der Waals surface area contributed by atoms with Crippen molar-refractivity contribution in [2.75, 3.05) is 19.9 Å². The molecule has 0 spiro atoms. The summed E-state index contributed by atoms with van der Waals surface area (Å²) in [5.74, 6) is -0.191. The van der Waals surface area contributed by atoms with Gasteiger partial charge in [-0.1, -0.05) is 6.92 Å². The van der Waals surface area contributed by atoms with Crippen LogP contribution < -0.4 is 9.47 Å². The van der Waals surface area contributed by atoms with Gasteiger partial charge < -0.3 is 19.7 Å². The van der Waals surface area contributed by atoms with Crippen molar-refractivity contribution in [1.29, 1.82) is 0 Å². The van der Waals surface area contributed by atoms with Gasteiger partial charge in [-0.05, 0) is 24.1 Å². The lowest BCUT2D eigenvalue weighted by Crippen LogP contribution is -2.30. The second kappa shape index (κ2) is 7.35. The molecule has 0 bridgehead atoms. The summed E-state index contributed by atoms with van der Waals surface area (Å²) < 4.78 is 40.1. The Hall–Kier alpha value is -3.38. The van der Waals surface area contributed by atoms with Gasteiger partial charge in [0.25, 0.3) is 10.0 Å². The molecule has 2 N–H and O–H groups in total. The van der Waals surface area contributed by atoms with Crippen LogP contribution in [-0.4, -0.2) is 63.6 Å². The summed E-state index contributed by atoms with van der Waals surface area (Å²) in [6.07, 6.45) is 0.815. The van der Waals surface area contributed by atoms with Gasteiger partial charge in [0.1, 0.15) is 5.75 Å². The summed E-state index contributed by atoms with van der Waals surface area (Å²) in [5, 5.41) is 23.8. The average molecular weight is 460 g/mol. The highest BCUT2D eigenvalue weighted by Crippen LogP contribution is 2.40. The Morgan fingerprint density at radius 3 is 2.66 bits per heavy atom.